The van der Waals surface area contributed by atoms with Crippen molar-refractivity contribution in [2.45, 2.75) is 26.1 Å². The van der Waals surface area contributed by atoms with Gasteiger partial charge in [0.1, 0.15) is 5.82 Å². The Balaban J connectivity index is 2.27. The molecule has 1 unspecified atom stereocenters. The predicted octanol–water partition coefficient (Wildman–Crippen LogP) is 4.16. The minimum atomic E-state index is -4.50. The Morgan fingerprint density at radius 2 is 2.10 bits per heavy atom. The monoisotopic (exact) mass is 316 g/mol. The Kier molecular flexibility index (Phi) is 4.66. The molecular formula is C13H15F3N4S. The van der Waals surface area contributed by atoms with Crippen LogP contribution in [0.2, 0.25) is 0 Å². The molecule has 0 spiro atoms. The Hall–Kier alpha value is -1.83. The topological polar surface area (TPSA) is 49.8 Å². The van der Waals surface area contributed by atoms with Crippen LogP contribution in [0.25, 0.3) is 0 Å². The molecule has 0 radical (unpaired) electrons. The van der Waals surface area contributed by atoms with Gasteiger partial charge in [-0.05, 0) is 36.2 Å². The lowest BCUT2D eigenvalue weighted by atomic mass is 10.2. The molecule has 114 valence electrons. The van der Waals surface area contributed by atoms with E-state index in [1.165, 1.54) is 11.3 Å². The summed E-state index contributed by atoms with van der Waals surface area (Å²) < 4.78 is 38.6. The van der Waals surface area contributed by atoms with Crippen LogP contribution < -0.4 is 10.6 Å². The molecule has 0 saturated heterocycles. The highest BCUT2D eigenvalue weighted by Gasteiger charge is 2.33. The molecule has 2 heterocycles. The number of thiophene rings is 1. The maximum absolute atomic E-state index is 12.9. The fourth-order valence-electron chi connectivity index (χ4n) is 1.73. The van der Waals surface area contributed by atoms with Crippen LogP contribution in [0.1, 0.15) is 31.1 Å². The standard InChI is InChI=1S/C13H15F3N4S/c1-3-17-12-19-10(13(14,15)16)6-11(20-12)18-8(2)9-4-5-21-7-9/h4-8H,3H2,1-2H3,(H2,17,18,19,20). The van der Waals surface area contributed by atoms with Crippen molar-refractivity contribution < 1.29 is 13.2 Å². The Labute approximate surface area is 124 Å². The van der Waals surface area contributed by atoms with Crippen LogP contribution in [0, 0.1) is 0 Å². The van der Waals surface area contributed by atoms with Crippen molar-refractivity contribution in [1.29, 1.82) is 0 Å². The van der Waals surface area contributed by atoms with E-state index in [1.807, 2.05) is 23.8 Å². The highest BCUT2D eigenvalue weighted by atomic mass is 32.1. The van der Waals surface area contributed by atoms with Gasteiger partial charge in [-0.15, -0.1) is 0 Å². The normalized spacial score (nSPS) is 13.0. The summed E-state index contributed by atoms with van der Waals surface area (Å²) in [6.07, 6.45) is -4.50. The van der Waals surface area contributed by atoms with E-state index < -0.39 is 11.9 Å². The van der Waals surface area contributed by atoms with Crippen molar-refractivity contribution in [3.63, 3.8) is 0 Å². The van der Waals surface area contributed by atoms with Crippen molar-refractivity contribution in [1.82, 2.24) is 9.97 Å². The zero-order valence-electron chi connectivity index (χ0n) is 11.5. The Morgan fingerprint density at radius 3 is 2.67 bits per heavy atom. The summed E-state index contributed by atoms with van der Waals surface area (Å²) in [6.45, 7) is 4.08. The average molecular weight is 316 g/mol. The van der Waals surface area contributed by atoms with E-state index in [4.69, 9.17) is 0 Å². The zero-order chi connectivity index (χ0) is 15.5. The SMILES string of the molecule is CCNc1nc(NC(C)c2ccsc2)cc(C(F)(F)F)n1. The first-order chi connectivity index (χ1) is 9.90. The third-order valence-corrected chi connectivity index (χ3v) is 3.46. The highest BCUT2D eigenvalue weighted by molar-refractivity contribution is 7.07. The summed E-state index contributed by atoms with van der Waals surface area (Å²) in [4.78, 5) is 7.54. The third-order valence-electron chi connectivity index (χ3n) is 2.76. The second kappa shape index (κ2) is 6.30. The number of nitrogens with zero attached hydrogens (tertiary/aromatic N) is 2. The molecule has 4 nitrogen and oxygen atoms in total. The summed E-state index contributed by atoms with van der Waals surface area (Å²) in [5.41, 5.74) is 0.0330. The lowest BCUT2D eigenvalue weighted by Crippen LogP contribution is -2.15. The van der Waals surface area contributed by atoms with Gasteiger partial charge in [-0.3, -0.25) is 0 Å². The first-order valence-electron chi connectivity index (χ1n) is 6.39. The Morgan fingerprint density at radius 1 is 1.33 bits per heavy atom. The lowest BCUT2D eigenvalue weighted by molar-refractivity contribution is -0.141. The smallest absolute Gasteiger partial charge is 0.363 e. The number of alkyl halides is 3. The quantitative estimate of drug-likeness (QED) is 0.869. The molecule has 2 rings (SSSR count). The van der Waals surface area contributed by atoms with E-state index in [1.54, 1.807) is 6.92 Å². The van der Waals surface area contributed by atoms with Crippen LogP contribution in [0.4, 0.5) is 24.9 Å². The molecule has 0 aromatic carbocycles. The molecular weight excluding hydrogens is 301 g/mol. The van der Waals surface area contributed by atoms with Gasteiger partial charge in [0.05, 0.1) is 6.04 Å². The summed E-state index contributed by atoms with van der Waals surface area (Å²) >= 11 is 1.53. The number of rotatable bonds is 5. The summed E-state index contributed by atoms with van der Waals surface area (Å²) in [5, 5.41) is 9.53. The molecule has 0 aliphatic carbocycles. The van der Waals surface area contributed by atoms with Crippen molar-refractivity contribution in [3.05, 3.63) is 34.2 Å². The maximum atomic E-state index is 12.9. The first kappa shape index (κ1) is 15.6. The number of anilines is 2. The van der Waals surface area contributed by atoms with Gasteiger partial charge in [-0.1, -0.05) is 0 Å². The summed E-state index contributed by atoms with van der Waals surface area (Å²) in [7, 11) is 0. The lowest BCUT2D eigenvalue weighted by Gasteiger charge is -2.16. The van der Waals surface area contributed by atoms with Crippen molar-refractivity contribution in [3.8, 4) is 0 Å². The van der Waals surface area contributed by atoms with Crippen molar-refractivity contribution in [2.24, 2.45) is 0 Å². The minimum absolute atomic E-state index is 0.0349. The van der Waals surface area contributed by atoms with Crippen molar-refractivity contribution >= 4 is 23.1 Å². The summed E-state index contributed by atoms with van der Waals surface area (Å²) in [6, 6.07) is 2.70. The highest BCUT2D eigenvalue weighted by Crippen LogP contribution is 2.30. The molecule has 0 bridgehead atoms. The zero-order valence-corrected chi connectivity index (χ0v) is 12.3. The third kappa shape index (κ3) is 4.07. The number of hydrogen-bond acceptors (Lipinski definition) is 5. The van der Waals surface area contributed by atoms with Gasteiger partial charge in [-0.25, -0.2) is 4.98 Å². The minimum Gasteiger partial charge on any atom is -0.363 e. The number of aromatic nitrogens is 2. The van der Waals surface area contributed by atoms with E-state index in [-0.39, 0.29) is 17.8 Å². The molecule has 2 N–H and O–H groups in total. The van der Waals surface area contributed by atoms with Gasteiger partial charge in [0.2, 0.25) is 5.95 Å². The van der Waals surface area contributed by atoms with Gasteiger partial charge < -0.3 is 10.6 Å². The van der Waals surface area contributed by atoms with E-state index in [0.29, 0.717) is 6.54 Å². The van der Waals surface area contributed by atoms with Gasteiger partial charge in [-0.2, -0.15) is 29.5 Å². The second-order valence-electron chi connectivity index (χ2n) is 4.41. The largest absolute Gasteiger partial charge is 0.433 e. The van der Waals surface area contributed by atoms with Crippen LogP contribution in [0.5, 0.6) is 0 Å². The van der Waals surface area contributed by atoms with Crippen LogP contribution in [-0.2, 0) is 6.18 Å². The fourth-order valence-corrected chi connectivity index (χ4v) is 2.48. The maximum Gasteiger partial charge on any atom is 0.433 e. The molecule has 8 heteroatoms. The number of nitrogens with one attached hydrogen (secondary N) is 2. The van der Waals surface area contributed by atoms with E-state index in [0.717, 1.165) is 11.6 Å². The van der Waals surface area contributed by atoms with Gasteiger partial charge in [0.25, 0.3) is 0 Å². The second-order valence-corrected chi connectivity index (χ2v) is 5.19. The van der Waals surface area contributed by atoms with Crippen LogP contribution in [0.3, 0.4) is 0 Å². The van der Waals surface area contributed by atoms with Crippen LogP contribution in [-0.4, -0.2) is 16.5 Å². The van der Waals surface area contributed by atoms with Crippen molar-refractivity contribution in [2.75, 3.05) is 17.2 Å². The molecule has 1 atom stereocenters. The van der Waals surface area contributed by atoms with E-state index in [9.17, 15) is 13.2 Å². The van der Waals surface area contributed by atoms with Crippen LogP contribution >= 0.6 is 11.3 Å². The molecule has 0 saturated carbocycles. The molecule has 21 heavy (non-hydrogen) atoms. The molecule has 0 amide bonds. The van der Waals surface area contributed by atoms with Gasteiger partial charge >= 0.3 is 6.18 Å². The van der Waals surface area contributed by atoms with E-state index >= 15 is 0 Å². The molecule has 0 fully saturated rings. The van der Waals surface area contributed by atoms with Crippen LogP contribution in [0.15, 0.2) is 22.9 Å². The molecule has 0 aliphatic rings. The molecule has 0 aliphatic heterocycles. The van der Waals surface area contributed by atoms with E-state index in [2.05, 4.69) is 20.6 Å². The fraction of sp³-hybridized carbons (Fsp3) is 0.385. The van der Waals surface area contributed by atoms with Gasteiger partial charge in [0, 0.05) is 12.6 Å². The number of halogens is 3. The van der Waals surface area contributed by atoms with Gasteiger partial charge in [0.15, 0.2) is 5.69 Å². The summed E-state index contributed by atoms with van der Waals surface area (Å²) in [5.74, 6) is 0.110. The molecule has 2 aromatic rings. The predicted molar refractivity (Wildman–Crippen MR) is 77.6 cm³/mol. The molecule has 2 aromatic heterocycles. The average Bonchev–Trinajstić information content (AvgIpc) is 2.91. The number of hydrogen-bond donors (Lipinski definition) is 2. The Bertz CT molecular complexity index is 584. The first-order valence-corrected chi connectivity index (χ1v) is 7.33.